The van der Waals surface area contributed by atoms with Gasteiger partial charge in [-0.3, -0.25) is 0 Å². The zero-order valence-corrected chi connectivity index (χ0v) is 12.8. The van der Waals surface area contributed by atoms with Crippen molar-refractivity contribution in [3.8, 4) is 22.6 Å². The maximum Gasteiger partial charge on any atom is 0.131 e. The van der Waals surface area contributed by atoms with Crippen LogP contribution in [0.25, 0.3) is 11.1 Å². The molecule has 0 unspecified atom stereocenters. The van der Waals surface area contributed by atoms with Crippen molar-refractivity contribution in [2.45, 2.75) is 13.8 Å². The molecule has 0 saturated carbocycles. The van der Waals surface area contributed by atoms with E-state index >= 15 is 0 Å². The first-order chi connectivity index (χ1) is 10.2. The topological polar surface area (TPSA) is 53.5 Å². The number of benzene rings is 1. The van der Waals surface area contributed by atoms with Crippen LogP contribution >= 0.6 is 0 Å². The third-order valence-electron chi connectivity index (χ3n) is 3.23. The number of hydrogen-bond donors (Lipinski definition) is 0. The maximum atomic E-state index is 5.82. The van der Waals surface area contributed by atoms with Crippen molar-refractivity contribution in [3.63, 3.8) is 0 Å². The van der Waals surface area contributed by atoms with Crippen molar-refractivity contribution in [2.75, 3.05) is 27.4 Å². The molecule has 0 aliphatic heterocycles. The molecule has 1 aromatic heterocycles. The van der Waals surface area contributed by atoms with Crippen LogP contribution in [0.5, 0.6) is 11.5 Å². The summed E-state index contributed by atoms with van der Waals surface area (Å²) in [4.78, 5) is 8.55. The van der Waals surface area contributed by atoms with Gasteiger partial charge in [0, 0.05) is 35.7 Å². The van der Waals surface area contributed by atoms with Crippen LogP contribution < -0.4 is 9.47 Å². The highest BCUT2D eigenvalue weighted by Crippen LogP contribution is 2.35. The highest BCUT2D eigenvalue weighted by Gasteiger charge is 2.14. The van der Waals surface area contributed by atoms with E-state index in [9.17, 15) is 0 Å². The van der Waals surface area contributed by atoms with Gasteiger partial charge in [0.2, 0.25) is 0 Å². The third-order valence-corrected chi connectivity index (χ3v) is 3.23. The largest absolute Gasteiger partial charge is 0.497 e. The van der Waals surface area contributed by atoms with Gasteiger partial charge in [-0.15, -0.1) is 0 Å². The summed E-state index contributed by atoms with van der Waals surface area (Å²) in [6.07, 6.45) is 1.57. The van der Waals surface area contributed by atoms with E-state index in [1.807, 2.05) is 32.0 Å². The Hall–Kier alpha value is -2.14. The van der Waals surface area contributed by atoms with Crippen LogP contribution in [0.15, 0.2) is 24.5 Å². The summed E-state index contributed by atoms with van der Waals surface area (Å²) in [5, 5.41) is 0. The van der Waals surface area contributed by atoms with Gasteiger partial charge in [-0.25, -0.2) is 9.97 Å². The fourth-order valence-electron chi connectivity index (χ4n) is 2.17. The van der Waals surface area contributed by atoms with Gasteiger partial charge in [0.1, 0.15) is 24.4 Å². The highest BCUT2D eigenvalue weighted by atomic mass is 16.5. The Morgan fingerprint density at radius 3 is 2.33 bits per heavy atom. The van der Waals surface area contributed by atoms with Crippen LogP contribution in [-0.4, -0.2) is 37.4 Å². The Morgan fingerprint density at radius 2 is 1.71 bits per heavy atom. The molecule has 5 nitrogen and oxygen atoms in total. The lowest BCUT2D eigenvalue weighted by molar-refractivity contribution is 0.146. The number of hydrogen-bond acceptors (Lipinski definition) is 5. The molecule has 0 radical (unpaired) electrons. The molecular formula is C16H20N2O3. The summed E-state index contributed by atoms with van der Waals surface area (Å²) < 4.78 is 16.1. The van der Waals surface area contributed by atoms with E-state index < -0.39 is 0 Å². The highest BCUT2D eigenvalue weighted by molar-refractivity contribution is 5.74. The number of nitrogens with zero attached hydrogens (tertiary/aromatic N) is 2. The van der Waals surface area contributed by atoms with Gasteiger partial charge in [0.05, 0.1) is 13.7 Å². The zero-order chi connectivity index (χ0) is 15.2. The summed E-state index contributed by atoms with van der Waals surface area (Å²) in [5.41, 5.74) is 3.79. The molecule has 2 rings (SSSR count). The third kappa shape index (κ3) is 3.49. The Bertz CT molecular complexity index is 594. The molecule has 0 amide bonds. The molecule has 0 spiro atoms. The molecule has 1 aromatic carbocycles. The summed E-state index contributed by atoms with van der Waals surface area (Å²) >= 11 is 0. The molecule has 0 bridgehead atoms. The molecule has 0 N–H and O–H groups in total. The van der Waals surface area contributed by atoms with Crippen LogP contribution in [0.2, 0.25) is 0 Å². The Morgan fingerprint density at radius 1 is 1.00 bits per heavy atom. The van der Waals surface area contributed by atoms with Crippen molar-refractivity contribution in [3.05, 3.63) is 35.9 Å². The lowest BCUT2D eigenvalue weighted by atomic mass is 10.0. The van der Waals surface area contributed by atoms with Gasteiger partial charge in [0.25, 0.3) is 0 Å². The number of aromatic nitrogens is 2. The summed E-state index contributed by atoms with van der Waals surface area (Å²) in [7, 11) is 3.28. The van der Waals surface area contributed by atoms with Crippen molar-refractivity contribution in [1.29, 1.82) is 0 Å². The van der Waals surface area contributed by atoms with Crippen molar-refractivity contribution in [1.82, 2.24) is 9.97 Å². The van der Waals surface area contributed by atoms with E-state index in [0.717, 1.165) is 34.0 Å². The lowest BCUT2D eigenvalue weighted by Crippen LogP contribution is -2.06. The standard InChI is InChI=1S/C16H20N2O3/c1-11-16(12(2)18-10-17-11)14-6-5-13(20-4)9-15(14)21-8-7-19-3/h5-6,9-10H,7-8H2,1-4H3. The molecule has 0 atom stereocenters. The monoisotopic (exact) mass is 288 g/mol. The summed E-state index contributed by atoms with van der Waals surface area (Å²) in [5.74, 6) is 1.49. The average Bonchev–Trinajstić information content (AvgIpc) is 2.48. The second-order valence-corrected chi connectivity index (χ2v) is 4.62. The van der Waals surface area contributed by atoms with Gasteiger partial charge in [0.15, 0.2) is 0 Å². The molecule has 0 aliphatic carbocycles. The molecule has 0 aliphatic rings. The van der Waals surface area contributed by atoms with Crippen LogP contribution in [0.3, 0.4) is 0 Å². The molecule has 21 heavy (non-hydrogen) atoms. The van der Waals surface area contributed by atoms with Gasteiger partial charge >= 0.3 is 0 Å². The number of rotatable bonds is 6. The van der Waals surface area contributed by atoms with Crippen LogP contribution in [0.1, 0.15) is 11.4 Å². The molecule has 2 aromatic rings. The minimum absolute atomic E-state index is 0.475. The minimum Gasteiger partial charge on any atom is -0.497 e. The van der Waals surface area contributed by atoms with Gasteiger partial charge < -0.3 is 14.2 Å². The fourth-order valence-corrected chi connectivity index (χ4v) is 2.17. The fraction of sp³-hybridized carbons (Fsp3) is 0.375. The smallest absolute Gasteiger partial charge is 0.131 e. The second kappa shape index (κ2) is 7.04. The molecule has 112 valence electrons. The van der Waals surface area contributed by atoms with Crippen LogP contribution in [0.4, 0.5) is 0 Å². The Kier molecular flexibility index (Phi) is 5.11. The zero-order valence-electron chi connectivity index (χ0n) is 12.8. The number of aryl methyl sites for hydroxylation is 2. The second-order valence-electron chi connectivity index (χ2n) is 4.62. The SMILES string of the molecule is COCCOc1cc(OC)ccc1-c1c(C)ncnc1C. The first-order valence-electron chi connectivity index (χ1n) is 6.75. The molecule has 0 fully saturated rings. The molecule has 0 saturated heterocycles. The minimum atomic E-state index is 0.475. The lowest BCUT2D eigenvalue weighted by Gasteiger charge is -2.15. The molecular weight excluding hydrogens is 268 g/mol. The van der Waals surface area contributed by atoms with E-state index in [1.165, 1.54) is 0 Å². The van der Waals surface area contributed by atoms with Crippen molar-refractivity contribution >= 4 is 0 Å². The van der Waals surface area contributed by atoms with Gasteiger partial charge in [-0.05, 0) is 26.0 Å². The predicted octanol–water partition coefficient (Wildman–Crippen LogP) is 2.79. The first kappa shape index (κ1) is 15.3. The predicted molar refractivity (Wildman–Crippen MR) is 80.9 cm³/mol. The van der Waals surface area contributed by atoms with E-state index in [1.54, 1.807) is 20.5 Å². The van der Waals surface area contributed by atoms with Gasteiger partial charge in [-0.1, -0.05) is 0 Å². The summed E-state index contributed by atoms with van der Waals surface area (Å²) in [6, 6.07) is 5.75. The van der Waals surface area contributed by atoms with E-state index in [4.69, 9.17) is 14.2 Å². The molecule has 5 heteroatoms. The van der Waals surface area contributed by atoms with Crippen molar-refractivity contribution < 1.29 is 14.2 Å². The Balaban J connectivity index is 2.46. The van der Waals surface area contributed by atoms with E-state index in [2.05, 4.69) is 9.97 Å². The van der Waals surface area contributed by atoms with Crippen molar-refractivity contribution in [2.24, 2.45) is 0 Å². The number of methoxy groups -OCH3 is 2. The quantitative estimate of drug-likeness (QED) is 0.765. The first-order valence-corrected chi connectivity index (χ1v) is 6.75. The van der Waals surface area contributed by atoms with E-state index in [-0.39, 0.29) is 0 Å². The van der Waals surface area contributed by atoms with Crippen LogP contribution in [0, 0.1) is 13.8 Å². The normalized spacial score (nSPS) is 10.5. The maximum absolute atomic E-state index is 5.82. The van der Waals surface area contributed by atoms with E-state index in [0.29, 0.717) is 13.2 Å². The summed E-state index contributed by atoms with van der Waals surface area (Å²) in [6.45, 7) is 4.93. The van der Waals surface area contributed by atoms with Gasteiger partial charge in [-0.2, -0.15) is 0 Å². The molecule has 1 heterocycles. The number of ether oxygens (including phenoxy) is 3. The average molecular weight is 288 g/mol. The van der Waals surface area contributed by atoms with Crippen LogP contribution in [-0.2, 0) is 4.74 Å². The Labute approximate surface area is 124 Å².